The second kappa shape index (κ2) is 3.89. The lowest BCUT2D eigenvalue weighted by Crippen LogP contribution is -1.85. The zero-order chi connectivity index (χ0) is 11.7. The zero-order valence-corrected chi connectivity index (χ0v) is 9.36. The summed E-state index contributed by atoms with van der Waals surface area (Å²) < 4.78 is 0. The Morgan fingerprint density at radius 1 is 0.812 bits per heavy atom. The standard InChI is InChI=1S/C14H14O2/c1-9-6-7-11(8-13(9)16)14-10(2)4-3-5-12(14)15/h3-8,15-16H,1-2H3. The maximum Gasteiger partial charge on any atom is 0.123 e. The summed E-state index contributed by atoms with van der Waals surface area (Å²) in [6.45, 7) is 3.78. The number of phenolic OH excluding ortho intramolecular Hbond substituents is 2. The van der Waals surface area contributed by atoms with Crippen molar-refractivity contribution in [1.29, 1.82) is 0 Å². The highest BCUT2D eigenvalue weighted by Crippen LogP contribution is 2.34. The number of hydrogen-bond acceptors (Lipinski definition) is 2. The van der Waals surface area contributed by atoms with Crippen molar-refractivity contribution in [2.75, 3.05) is 0 Å². The van der Waals surface area contributed by atoms with Crippen molar-refractivity contribution in [3.05, 3.63) is 47.5 Å². The topological polar surface area (TPSA) is 40.5 Å². The van der Waals surface area contributed by atoms with Crippen LogP contribution in [0.3, 0.4) is 0 Å². The highest BCUT2D eigenvalue weighted by molar-refractivity contribution is 5.74. The van der Waals surface area contributed by atoms with Gasteiger partial charge in [0.25, 0.3) is 0 Å². The Morgan fingerprint density at radius 3 is 2.19 bits per heavy atom. The molecule has 82 valence electrons. The normalized spacial score (nSPS) is 10.4. The first-order valence-electron chi connectivity index (χ1n) is 5.18. The van der Waals surface area contributed by atoms with Crippen molar-refractivity contribution in [2.24, 2.45) is 0 Å². The van der Waals surface area contributed by atoms with E-state index in [1.807, 2.05) is 38.1 Å². The highest BCUT2D eigenvalue weighted by Gasteiger charge is 2.08. The fourth-order valence-electron chi connectivity index (χ4n) is 1.79. The predicted molar refractivity (Wildman–Crippen MR) is 64.7 cm³/mol. The maximum atomic E-state index is 9.82. The van der Waals surface area contributed by atoms with Crippen LogP contribution in [0.1, 0.15) is 11.1 Å². The monoisotopic (exact) mass is 214 g/mol. The Kier molecular flexibility index (Phi) is 2.57. The molecule has 0 aliphatic heterocycles. The van der Waals surface area contributed by atoms with Crippen LogP contribution in [0.25, 0.3) is 11.1 Å². The zero-order valence-electron chi connectivity index (χ0n) is 9.36. The molecule has 2 nitrogen and oxygen atoms in total. The van der Waals surface area contributed by atoms with Crippen molar-refractivity contribution in [3.8, 4) is 22.6 Å². The predicted octanol–water partition coefficient (Wildman–Crippen LogP) is 3.38. The summed E-state index contributed by atoms with van der Waals surface area (Å²) >= 11 is 0. The third-order valence-corrected chi connectivity index (χ3v) is 2.75. The summed E-state index contributed by atoms with van der Waals surface area (Å²) in [4.78, 5) is 0. The third kappa shape index (κ3) is 1.74. The molecule has 0 radical (unpaired) electrons. The summed E-state index contributed by atoms with van der Waals surface area (Å²) in [6.07, 6.45) is 0. The fourth-order valence-corrected chi connectivity index (χ4v) is 1.79. The van der Waals surface area contributed by atoms with Crippen molar-refractivity contribution in [1.82, 2.24) is 0 Å². The van der Waals surface area contributed by atoms with Gasteiger partial charge >= 0.3 is 0 Å². The smallest absolute Gasteiger partial charge is 0.123 e. The quantitative estimate of drug-likeness (QED) is 0.764. The van der Waals surface area contributed by atoms with Gasteiger partial charge in [-0.25, -0.2) is 0 Å². The molecule has 0 amide bonds. The van der Waals surface area contributed by atoms with Crippen LogP contribution in [0.2, 0.25) is 0 Å². The number of benzene rings is 2. The van der Waals surface area contributed by atoms with Crippen LogP contribution >= 0.6 is 0 Å². The molecule has 0 heterocycles. The average molecular weight is 214 g/mol. The molecule has 2 heteroatoms. The molecule has 0 fully saturated rings. The molecule has 0 saturated carbocycles. The molecule has 2 aromatic carbocycles. The molecular weight excluding hydrogens is 200 g/mol. The van der Waals surface area contributed by atoms with Gasteiger partial charge in [-0.2, -0.15) is 0 Å². The molecule has 0 unspecified atom stereocenters. The Balaban J connectivity index is 2.63. The molecular formula is C14H14O2. The first-order valence-corrected chi connectivity index (χ1v) is 5.18. The molecule has 0 bridgehead atoms. The van der Waals surface area contributed by atoms with E-state index in [9.17, 15) is 10.2 Å². The van der Waals surface area contributed by atoms with Gasteiger partial charge in [0.2, 0.25) is 0 Å². The van der Waals surface area contributed by atoms with Gasteiger partial charge in [0, 0.05) is 5.56 Å². The number of aryl methyl sites for hydroxylation is 2. The molecule has 0 aliphatic carbocycles. The summed E-state index contributed by atoms with van der Waals surface area (Å²) in [5.41, 5.74) is 3.43. The van der Waals surface area contributed by atoms with Crippen LogP contribution in [0.15, 0.2) is 36.4 Å². The summed E-state index contributed by atoms with van der Waals surface area (Å²) in [6, 6.07) is 10.8. The van der Waals surface area contributed by atoms with Crippen molar-refractivity contribution < 1.29 is 10.2 Å². The van der Waals surface area contributed by atoms with Crippen LogP contribution < -0.4 is 0 Å². The first-order chi connectivity index (χ1) is 7.59. The van der Waals surface area contributed by atoms with Gasteiger partial charge in [0.05, 0.1) is 0 Å². The summed E-state index contributed by atoms with van der Waals surface area (Å²) in [5, 5.41) is 19.5. The van der Waals surface area contributed by atoms with E-state index in [1.165, 1.54) is 0 Å². The molecule has 0 saturated heterocycles. The van der Waals surface area contributed by atoms with Crippen LogP contribution in [-0.4, -0.2) is 10.2 Å². The van der Waals surface area contributed by atoms with Crippen molar-refractivity contribution in [2.45, 2.75) is 13.8 Å². The molecule has 2 rings (SSSR count). The lowest BCUT2D eigenvalue weighted by Gasteiger charge is -2.09. The molecule has 0 atom stereocenters. The Labute approximate surface area is 94.8 Å². The van der Waals surface area contributed by atoms with E-state index in [0.717, 1.165) is 22.3 Å². The Hall–Kier alpha value is -1.96. The minimum Gasteiger partial charge on any atom is -0.508 e. The van der Waals surface area contributed by atoms with Crippen LogP contribution in [0.4, 0.5) is 0 Å². The van der Waals surface area contributed by atoms with Gasteiger partial charge in [-0.3, -0.25) is 0 Å². The second-order valence-electron chi connectivity index (χ2n) is 3.97. The molecule has 2 aromatic rings. The van der Waals surface area contributed by atoms with Gasteiger partial charge < -0.3 is 10.2 Å². The van der Waals surface area contributed by atoms with E-state index in [1.54, 1.807) is 12.1 Å². The van der Waals surface area contributed by atoms with Gasteiger partial charge in [-0.05, 0) is 42.7 Å². The number of rotatable bonds is 1. The summed E-state index contributed by atoms with van der Waals surface area (Å²) in [7, 11) is 0. The third-order valence-electron chi connectivity index (χ3n) is 2.75. The fraction of sp³-hybridized carbons (Fsp3) is 0.143. The van der Waals surface area contributed by atoms with Crippen LogP contribution in [-0.2, 0) is 0 Å². The van der Waals surface area contributed by atoms with Crippen LogP contribution in [0.5, 0.6) is 11.5 Å². The second-order valence-corrected chi connectivity index (χ2v) is 3.97. The van der Waals surface area contributed by atoms with E-state index in [2.05, 4.69) is 0 Å². The number of phenols is 2. The average Bonchev–Trinajstić information content (AvgIpc) is 2.23. The van der Waals surface area contributed by atoms with Crippen LogP contribution in [0, 0.1) is 13.8 Å². The molecule has 0 spiro atoms. The van der Waals surface area contributed by atoms with Gasteiger partial charge in [0.15, 0.2) is 0 Å². The Morgan fingerprint density at radius 2 is 1.56 bits per heavy atom. The van der Waals surface area contributed by atoms with Gasteiger partial charge in [0.1, 0.15) is 11.5 Å². The van der Waals surface area contributed by atoms with Gasteiger partial charge in [-0.1, -0.05) is 24.3 Å². The first kappa shape index (κ1) is 10.6. The van der Waals surface area contributed by atoms with Crippen molar-refractivity contribution in [3.63, 3.8) is 0 Å². The lowest BCUT2D eigenvalue weighted by atomic mass is 9.98. The SMILES string of the molecule is Cc1ccc(-c2c(C)cccc2O)cc1O. The molecule has 16 heavy (non-hydrogen) atoms. The Bertz CT molecular complexity index is 510. The van der Waals surface area contributed by atoms with E-state index in [4.69, 9.17) is 0 Å². The minimum atomic E-state index is 0.239. The minimum absolute atomic E-state index is 0.239. The number of aromatic hydroxyl groups is 2. The van der Waals surface area contributed by atoms with E-state index in [0.29, 0.717) is 0 Å². The van der Waals surface area contributed by atoms with Gasteiger partial charge in [-0.15, -0.1) is 0 Å². The lowest BCUT2D eigenvalue weighted by molar-refractivity contribution is 0.470. The van der Waals surface area contributed by atoms with Crippen molar-refractivity contribution >= 4 is 0 Å². The highest BCUT2D eigenvalue weighted by atomic mass is 16.3. The largest absolute Gasteiger partial charge is 0.508 e. The molecule has 2 N–H and O–H groups in total. The maximum absolute atomic E-state index is 9.82. The van der Waals surface area contributed by atoms with E-state index in [-0.39, 0.29) is 11.5 Å². The number of hydrogen-bond donors (Lipinski definition) is 2. The molecule has 0 aliphatic rings. The summed E-state index contributed by atoms with van der Waals surface area (Å²) in [5.74, 6) is 0.489. The molecule has 0 aromatic heterocycles. The van der Waals surface area contributed by atoms with E-state index >= 15 is 0 Å². The van der Waals surface area contributed by atoms with E-state index < -0.39 is 0 Å².